The van der Waals surface area contributed by atoms with Crippen molar-refractivity contribution in [2.45, 2.75) is 12.8 Å². The molecule has 1 fully saturated rings. The Balaban J connectivity index is 0. The Morgan fingerprint density at radius 3 is 1.77 bits per heavy atom. The van der Waals surface area contributed by atoms with Crippen molar-refractivity contribution in [2.75, 3.05) is 26.3 Å². The molecule has 1 radical (unpaired) electrons. The van der Waals surface area contributed by atoms with Crippen LogP contribution in [0, 0.1) is 0 Å². The van der Waals surface area contributed by atoms with Gasteiger partial charge in [0, 0.05) is 47.2 Å². The van der Waals surface area contributed by atoms with Crippen LogP contribution in [0.15, 0.2) is 0 Å². The van der Waals surface area contributed by atoms with E-state index < -0.39 is 8.25 Å². The van der Waals surface area contributed by atoms with E-state index in [-0.39, 0.29) is 29.6 Å². The third kappa shape index (κ3) is 12.9. The molecule has 1 rings (SSSR count). The summed E-state index contributed by atoms with van der Waals surface area (Å²) in [5.41, 5.74) is 9.81. The van der Waals surface area contributed by atoms with Crippen molar-refractivity contribution in [3.05, 3.63) is 0 Å². The predicted molar refractivity (Wildman–Crippen MR) is 52.6 cm³/mol. The summed E-state index contributed by atoms with van der Waals surface area (Å²) in [5.74, 6) is 0. The molecule has 0 aromatic heterocycles. The molecule has 0 aromatic rings. The molecule has 73 valence electrons. The van der Waals surface area contributed by atoms with E-state index in [1.165, 1.54) is 0 Å². The fourth-order valence-electron chi connectivity index (χ4n) is 0.520. The second-order valence-corrected chi connectivity index (χ2v) is 3.14. The smallest absolute Gasteiger partial charge is 0.329 e. The van der Waals surface area contributed by atoms with Crippen LogP contribution in [0.4, 0.5) is 0 Å². The van der Waals surface area contributed by atoms with Gasteiger partial charge in [-0.2, -0.15) is 0 Å². The van der Waals surface area contributed by atoms with Crippen LogP contribution in [-0.2, 0) is 13.6 Å². The van der Waals surface area contributed by atoms with Crippen LogP contribution in [-0.4, -0.2) is 55.9 Å². The first-order valence-corrected chi connectivity index (χ1v) is 5.04. The zero-order valence-corrected chi connectivity index (χ0v) is 11.0. The molecular formula is C6H16N2NaO3P+. The quantitative estimate of drug-likeness (QED) is 0.477. The van der Waals surface area contributed by atoms with Gasteiger partial charge in [0.05, 0.1) is 0 Å². The van der Waals surface area contributed by atoms with Gasteiger partial charge in [0.1, 0.15) is 13.2 Å². The van der Waals surface area contributed by atoms with Gasteiger partial charge in [-0.15, -0.1) is 9.05 Å². The molecular weight excluding hydrogens is 202 g/mol. The third-order valence-electron chi connectivity index (χ3n) is 1.10. The van der Waals surface area contributed by atoms with Gasteiger partial charge < -0.3 is 11.5 Å². The zero-order valence-electron chi connectivity index (χ0n) is 8.07. The largest absolute Gasteiger partial charge is 0.697 e. The number of rotatable bonds is 1. The summed E-state index contributed by atoms with van der Waals surface area (Å²) in [6.45, 7) is 2.35. The van der Waals surface area contributed by atoms with Crippen molar-refractivity contribution in [1.82, 2.24) is 0 Å². The van der Waals surface area contributed by atoms with E-state index in [0.29, 0.717) is 26.3 Å². The van der Waals surface area contributed by atoms with E-state index >= 15 is 0 Å². The van der Waals surface area contributed by atoms with Gasteiger partial charge in [0.25, 0.3) is 0 Å². The van der Waals surface area contributed by atoms with E-state index in [2.05, 4.69) is 9.05 Å². The Kier molecular flexibility index (Phi) is 16.3. The van der Waals surface area contributed by atoms with E-state index in [0.717, 1.165) is 12.8 Å². The number of hydrogen-bond acceptors (Lipinski definition) is 5. The van der Waals surface area contributed by atoms with Crippen molar-refractivity contribution in [3.63, 3.8) is 0 Å². The van der Waals surface area contributed by atoms with Gasteiger partial charge in [0.2, 0.25) is 0 Å². The van der Waals surface area contributed by atoms with Gasteiger partial charge in [0.15, 0.2) is 0 Å². The summed E-state index contributed by atoms with van der Waals surface area (Å²) in [6, 6.07) is 0. The summed E-state index contributed by atoms with van der Waals surface area (Å²) in [4.78, 5) is 0. The van der Waals surface area contributed by atoms with Crippen LogP contribution in [0.3, 0.4) is 0 Å². The molecule has 0 amide bonds. The molecule has 0 atom stereocenters. The normalized spacial score (nSPS) is 16.3. The van der Waals surface area contributed by atoms with Crippen molar-refractivity contribution in [3.8, 4) is 0 Å². The standard InChI is InChI=1S/C4H8O3P.C2H8N2.Na/c5-8-6-3-1-2-4-7-8;3-1-2-4;/h1-4H2;1-4H2;/q+1;;. The van der Waals surface area contributed by atoms with Crippen LogP contribution in [0.1, 0.15) is 12.8 Å². The molecule has 13 heavy (non-hydrogen) atoms. The third-order valence-corrected chi connectivity index (χ3v) is 1.89. The minimum atomic E-state index is -1.77. The van der Waals surface area contributed by atoms with Gasteiger partial charge in [-0.3, -0.25) is 0 Å². The molecule has 0 bridgehead atoms. The van der Waals surface area contributed by atoms with Gasteiger partial charge >= 0.3 is 8.25 Å². The minimum absolute atomic E-state index is 0. The monoisotopic (exact) mass is 218 g/mol. The van der Waals surface area contributed by atoms with E-state index in [9.17, 15) is 4.57 Å². The Labute approximate surface area is 102 Å². The molecule has 7 heteroatoms. The Hall–Kier alpha value is 0.940. The Morgan fingerprint density at radius 2 is 1.46 bits per heavy atom. The average Bonchev–Trinajstić information content (AvgIpc) is 2.33. The molecule has 1 heterocycles. The molecule has 0 unspecified atom stereocenters. The first-order chi connectivity index (χ1) is 5.81. The summed E-state index contributed by atoms with van der Waals surface area (Å²) in [5, 5.41) is 0. The van der Waals surface area contributed by atoms with Crippen molar-refractivity contribution in [2.24, 2.45) is 11.5 Å². The molecule has 1 aliphatic rings. The van der Waals surface area contributed by atoms with E-state index in [4.69, 9.17) is 11.5 Å². The zero-order chi connectivity index (χ0) is 9.23. The second-order valence-electron chi connectivity index (χ2n) is 2.17. The molecule has 1 saturated heterocycles. The molecule has 4 N–H and O–H groups in total. The topological polar surface area (TPSA) is 87.6 Å². The molecule has 1 aliphatic heterocycles. The van der Waals surface area contributed by atoms with Gasteiger partial charge in [-0.1, -0.05) is 0 Å². The number of hydrogen-bond donors (Lipinski definition) is 2. The van der Waals surface area contributed by atoms with Crippen LogP contribution in [0.25, 0.3) is 0 Å². The first kappa shape index (κ1) is 16.4. The summed E-state index contributed by atoms with van der Waals surface area (Å²) in [7, 11) is -1.77. The van der Waals surface area contributed by atoms with Crippen molar-refractivity contribution >= 4 is 37.8 Å². The van der Waals surface area contributed by atoms with Gasteiger partial charge in [-0.25, -0.2) is 0 Å². The SMILES string of the molecule is NCCN.O=[P+]1OCCCCO1.[Na]. The maximum atomic E-state index is 10.4. The maximum absolute atomic E-state index is 10.4. The fraction of sp³-hybridized carbons (Fsp3) is 1.00. The van der Waals surface area contributed by atoms with Crippen LogP contribution >= 0.6 is 8.25 Å². The molecule has 0 spiro atoms. The molecule has 5 nitrogen and oxygen atoms in total. The molecule has 0 aromatic carbocycles. The Morgan fingerprint density at radius 1 is 1.08 bits per heavy atom. The first-order valence-electron chi connectivity index (χ1n) is 3.94. The second kappa shape index (κ2) is 12.9. The maximum Gasteiger partial charge on any atom is 0.697 e. The van der Waals surface area contributed by atoms with Gasteiger partial charge in [-0.05, 0) is 12.8 Å². The van der Waals surface area contributed by atoms with Crippen molar-refractivity contribution in [1.29, 1.82) is 0 Å². The van der Waals surface area contributed by atoms with Crippen LogP contribution in [0.5, 0.6) is 0 Å². The van der Waals surface area contributed by atoms with Crippen molar-refractivity contribution < 1.29 is 13.6 Å². The average molecular weight is 218 g/mol. The summed E-state index contributed by atoms with van der Waals surface area (Å²) in [6.07, 6.45) is 1.92. The summed E-state index contributed by atoms with van der Waals surface area (Å²) < 4.78 is 19.8. The fourth-order valence-corrected chi connectivity index (χ4v) is 1.15. The summed E-state index contributed by atoms with van der Waals surface area (Å²) >= 11 is 0. The molecule has 0 saturated carbocycles. The van der Waals surface area contributed by atoms with E-state index in [1.54, 1.807) is 0 Å². The van der Waals surface area contributed by atoms with Crippen LogP contribution < -0.4 is 11.5 Å². The minimum Gasteiger partial charge on any atom is -0.329 e. The molecule has 0 aliphatic carbocycles. The predicted octanol–water partition coefficient (Wildman–Crippen LogP) is -0.00620. The van der Waals surface area contributed by atoms with E-state index in [1.807, 2.05) is 0 Å². The number of nitrogens with two attached hydrogens (primary N) is 2. The van der Waals surface area contributed by atoms with Crippen LogP contribution in [0.2, 0.25) is 0 Å². The Bertz CT molecular complexity index is 116.